The Morgan fingerprint density at radius 1 is 1.44 bits per heavy atom. The van der Waals surface area contributed by atoms with Crippen molar-refractivity contribution in [2.24, 2.45) is 10.9 Å². The molecule has 0 aliphatic carbocycles. The summed E-state index contributed by atoms with van der Waals surface area (Å²) in [5.74, 6) is 0.323. The van der Waals surface area contributed by atoms with Gasteiger partial charge in [0.15, 0.2) is 5.84 Å². The first-order valence-electron chi connectivity index (χ1n) is 4.68. The maximum atomic E-state index is 8.66. The van der Waals surface area contributed by atoms with Crippen LogP contribution in [0.2, 0.25) is 0 Å². The molecule has 0 spiro atoms. The van der Waals surface area contributed by atoms with Crippen LogP contribution in [0.3, 0.4) is 0 Å². The van der Waals surface area contributed by atoms with Crippen LogP contribution in [0.15, 0.2) is 35.5 Å². The van der Waals surface area contributed by atoms with E-state index in [-0.39, 0.29) is 5.84 Å². The van der Waals surface area contributed by atoms with Gasteiger partial charge in [0, 0.05) is 5.39 Å². The van der Waals surface area contributed by atoms with E-state index < -0.39 is 0 Å². The van der Waals surface area contributed by atoms with Gasteiger partial charge in [-0.15, -0.1) is 0 Å². The fourth-order valence-electron chi connectivity index (χ4n) is 1.49. The molecule has 1 aromatic carbocycles. The monoisotopic (exact) mass is 217 g/mol. The Morgan fingerprint density at radius 2 is 2.19 bits per heavy atom. The molecule has 0 saturated heterocycles. The molecule has 2 aromatic rings. The summed E-state index contributed by atoms with van der Waals surface area (Å²) in [6, 6.07) is 9.32. The number of aromatic nitrogens is 1. The molecule has 0 saturated carbocycles. The third-order valence-corrected chi connectivity index (χ3v) is 2.27. The number of pyridine rings is 1. The Morgan fingerprint density at radius 3 is 2.88 bits per heavy atom. The molecule has 82 valence electrons. The molecule has 1 aromatic heterocycles. The second kappa shape index (κ2) is 4.06. The van der Waals surface area contributed by atoms with Gasteiger partial charge in [-0.05, 0) is 12.1 Å². The summed E-state index contributed by atoms with van der Waals surface area (Å²) in [6.07, 6.45) is 0. The summed E-state index contributed by atoms with van der Waals surface area (Å²) < 4.78 is 5.09. The number of oxime groups is 1. The topological polar surface area (TPSA) is 80.7 Å². The number of rotatable bonds is 2. The molecule has 2 rings (SSSR count). The largest absolute Gasteiger partial charge is 0.480 e. The summed E-state index contributed by atoms with van der Waals surface area (Å²) >= 11 is 0. The highest BCUT2D eigenvalue weighted by Crippen LogP contribution is 2.21. The summed E-state index contributed by atoms with van der Waals surface area (Å²) in [7, 11) is 1.49. The van der Waals surface area contributed by atoms with Crippen molar-refractivity contribution >= 4 is 16.7 Å². The molecule has 5 heteroatoms. The molecule has 0 fully saturated rings. The van der Waals surface area contributed by atoms with E-state index in [0.29, 0.717) is 11.4 Å². The molecular weight excluding hydrogens is 206 g/mol. The molecule has 3 N–H and O–H groups in total. The van der Waals surface area contributed by atoms with E-state index in [1.165, 1.54) is 7.11 Å². The molecule has 0 amide bonds. The zero-order valence-electron chi connectivity index (χ0n) is 8.71. The van der Waals surface area contributed by atoms with Crippen molar-refractivity contribution in [1.82, 2.24) is 4.98 Å². The van der Waals surface area contributed by atoms with E-state index >= 15 is 0 Å². The van der Waals surface area contributed by atoms with Gasteiger partial charge in [-0.25, -0.2) is 4.98 Å². The lowest BCUT2D eigenvalue weighted by Crippen LogP contribution is -2.15. The van der Waals surface area contributed by atoms with Crippen LogP contribution in [0.4, 0.5) is 0 Å². The fourth-order valence-corrected chi connectivity index (χ4v) is 1.49. The van der Waals surface area contributed by atoms with Crippen molar-refractivity contribution in [2.45, 2.75) is 0 Å². The number of para-hydroxylation sites is 1. The lowest BCUT2D eigenvalue weighted by molar-refractivity contribution is 0.318. The highest BCUT2D eigenvalue weighted by atomic mass is 16.5. The third-order valence-electron chi connectivity index (χ3n) is 2.27. The Hall–Kier alpha value is -2.30. The van der Waals surface area contributed by atoms with Crippen LogP contribution in [-0.4, -0.2) is 23.1 Å². The molecule has 0 unspecified atom stereocenters. The van der Waals surface area contributed by atoms with Gasteiger partial charge in [-0.2, -0.15) is 0 Å². The van der Waals surface area contributed by atoms with E-state index in [1.54, 1.807) is 6.07 Å². The number of amidine groups is 1. The Balaban J connectivity index is 2.72. The molecule has 16 heavy (non-hydrogen) atoms. The summed E-state index contributed by atoms with van der Waals surface area (Å²) in [4.78, 5) is 4.27. The van der Waals surface area contributed by atoms with E-state index in [9.17, 15) is 0 Å². The maximum absolute atomic E-state index is 8.66. The van der Waals surface area contributed by atoms with E-state index in [4.69, 9.17) is 15.7 Å². The molecule has 0 atom stereocenters. The van der Waals surface area contributed by atoms with Crippen LogP contribution in [0.25, 0.3) is 10.9 Å². The van der Waals surface area contributed by atoms with Gasteiger partial charge < -0.3 is 15.7 Å². The van der Waals surface area contributed by atoms with Gasteiger partial charge in [0.2, 0.25) is 5.88 Å². The molecule has 0 radical (unpaired) electrons. The summed E-state index contributed by atoms with van der Waals surface area (Å²) in [5, 5.41) is 12.5. The van der Waals surface area contributed by atoms with Crippen molar-refractivity contribution in [2.75, 3.05) is 7.11 Å². The quantitative estimate of drug-likeness (QED) is 0.344. The predicted molar refractivity (Wildman–Crippen MR) is 60.8 cm³/mol. The van der Waals surface area contributed by atoms with E-state index in [0.717, 1.165) is 10.9 Å². The summed E-state index contributed by atoms with van der Waals surface area (Å²) in [6.45, 7) is 0. The highest BCUT2D eigenvalue weighted by molar-refractivity contribution is 6.02. The SMILES string of the molecule is COc1nc2ccccc2cc1C(N)=NO. The van der Waals surface area contributed by atoms with E-state index in [2.05, 4.69) is 10.1 Å². The Labute approximate surface area is 92.2 Å². The number of nitrogens with two attached hydrogens (primary N) is 1. The van der Waals surface area contributed by atoms with Gasteiger partial charge in [-0.1, -0.05) is 23.4 Å². The van der Waals surface area contributed by atoms with Crippen LogP contribution < -0.4 is 10.5 Å². The number of ether oxygens (including phenoxy) is 1. The first-order chi connectivity index (χ1) is 7.76. The van der Waals surface area contributed by atoms with Crippen LogP contribution in [0.5, 0.6) is 5.88 Å². The average Bonchev–Trinajstić information content (AvgIpc) is 2.36. The first kappa shape index (κ1) is 10.2. The van der Waals surface area contributed by atoms with Gasteiger partial charge >= 0.3 is 0 Å². The molecule has 0 aliphatic rings. The number of benzene rings is 1. The van der Waals surface area contributed by atoms with Crippen molar-refractivity contribution in [3.63, 3.8) is 0 Å². The average molecular weight is 217 g/mol. The molecule has 0 bridgehead atoms. The highest BCUT2D eigenvalue weighted by Gasteiger charge is 2.10. The number of fused-ring (bicyclic) bond motifs is 1. The zero-order valence-corrected chi connectivity index (χ0v) is 8.71. The van der Waals surface area contributed by atoms with Crippen LogP contribution in [0.1, 0.15) is 5.56 Å². The predicted octanol–water partition coefficient (Wildman–Crippen LogP) is 1.34. The van der Waals surface area contributed by atoms with E-state index in [1.807, 2.05) is 24.3 Å². The lowest BCUT2D eigenvalue weighted by atomic mass is 10.1. The fraction of sp³-hybridized carbons (Fsp3) is 0.0909. The molecular formula is C11H11N3O2. The van der Waals surface area contributed by atoms with Crippen molar-refractivity contribution < 1.29 is 9.94 Å². The smallest absolute Gasteiger partial charge is 0.224 e. The minimum atomic E-state index is -0.0184. The van der Waals surface area contributed by atoms with Gasteiger partial charge in [0.1, 0.15) is 0 Å². The summed E-state index contributed by atoms with van der Waals surface area (Å²) in [5.41, 5.74) is 6.82. The van der Waals surface area contributed by atoms with Gasteiger partial charge in [0.25, 0.3) is 0 Å². The second-order valence-corrected chi connectivity index (χ2v) is 3.22. The molecule has 5 nitrogen and oxygen atoms in total. The minimum absolute atomic E-state index is 0.0184. The number of hydrogen-bond donors (Lipinski definition) is 2. The Kier molecular flexibility index (Phi) is 2.59. The van der Waals surface area contributed by atoms with Crippen LogP contribution in [-0.2, 0) is 0 Å². The van der Waals surface area contributed by atoms with Gasteiger partial charge in [0.05, 0.1) is 18.2 Å². The van der Waals surface area contributed by atoms with Crippen molar-refractivity contribution in [3.05, 3.63) is 35.9 Å². The van der Waals surface area contributed by atoms with Gasteiger partial charge in [-0.3, -0.25) is 0 Å². The normalized spacial score (nSPS) is 11.7. The van der Waals surface area contributed by atoms with Crippen LogP contribution >= 0.6 is 0 Å². The lowest BCUT2D eigenvalue weighted by Gasteiger charge is -2.07. The minimum Gasteiger partial charge on any atom is -0.480 e. The zero-order chi connectivity index (χ0) is 11.5. The van der Waals surface area contributed by atoms with Crippen molar-refractivity contribution in [1.29, 1.82) is 0 Å². The number of hydrogen-bond acceptors (Lipinski definition) is 4. The second-order valence-electron chi connectivity index (χ2n) is 3.22. The van der Waals surface area contributed by atoms with Crippen LogP contribution in [0, 0.1) is 0 Å². The Bertz CT molecular complexity index is 552. The maximum Gasteiger partial charge on any atom is 0.224 e. The molecule has 1 heterocycles. The molecule has 0 aliphatic heterocycles. The third kappa shape index (κ3) is 1.63. The number of methoxy groups -OCH3 is 1. The first-order valence-corrected chi connectivity index (χ1v) is 4.68. The standard InChI is InChI=1S/C11H11N3O2/c1-16-11-8(10(12)14-15)6-7-4-2-3-5-9(7)13-11/h2-6,15H,1H3,(H2,12,14). The van der Waals surface area contributed by atoms with Crippen molar-refractivity contribution in [3.8, 4) is 5.88 Å². The number of nitrogens with zero attached hydrogens (tertiary/aromatic N) is 2.